The van der Waals surface area contributed by atoms with E-state index >= 15 is 0 Å². The van der Waals surface area contributed by atoms with E-state index in [1.165, 1.54) is 23.1 Å². The van der Waals surface area contributed by atoms with Crippen LogP contribution < -0.4 is 10.1 Å². The largest absolute Gasteiger partial charge is 0.457 e. The fourth-order valence-electron chi connectivity index (χ4n) is 4.26. The topological polar surface area (TPSA) is 128 Å². The molecule has 2 aliphatic heterocycles. The maximum Gasteiger partial charge on any atom is 0.288 e. The smallest absolute Gasteiger partial charge is 0.288 e. The van der Waals surface area contributed by atoms with Crippen LogP contribution in [0.25, 0.3) is 0 Å². The monoisotopic (exact) mass is 521 g/mol. The van der Waals surface area contributed by atoms with Crippen molar-refractivity contribution in [3.05, 3.63) is 92.5 Å². The molecule has 0 aliphatic carbocycles. The first-order chi connectivity index (χ1) is 17.8. The quantitative estimate of drug-likeness (QED) is 0.261. The van der Waals surface area contributed by atoms with Crippen LogP contribution >= 0.6 is 11.6 Å². The van der Waals surface area contributed by atoms with Gasteiger partial charge in [0.1, 0.15) is 16.5 Å². The lowest BCUT2D eigenvalue weighted by molar-refractivity contribution is -0.384. The first-order valence-electron chi connectivity index (χ1n) is 11.5. The summed E-state index contributed by atoms with van der Waals surface area (Å²) in [6, 6.07) is 14.9. The molecule has 3 aromatic carbocycles. The Morgan fingerprint density at radius 1 is 1.08 bits per heavy atom. The van der Waals surface area contributed by atoms with Crippen molar-refractivity contribution in [3.8, 4) is 11.5 Å². The van der Waals surface area contributed by atoms with E-state index in [1.54, 1.807) is 36.4 Å². The van der Waals surface area contributed by atoms with Gasteiger partial charge in [-0.15, -0.1) is 0 Å². The molecule has 0 bridgehead atoms. The molecule has 0 spiro atoms. The van der Waals surface area contributed by atoms with E-state index in [9.17, 15) is 24.5 Å². The van der Waals surface area contributed by atoms with Gasteiger partial charge in [-0.05, 0) is 55.3 Å². The van der Waals surface area contributed by atoms with E-state index in [1.807, 2.05) is 0 Å². The number of carbonyl (C=O) groups is 3. The predicted molar refractivity (Wildman–Crippen MR) is 133 cm³/mol. The molecule has 0 saturated carbocycles. The number of amides is 3. The highest BCUT2D eigenvalue weighted by atomic mass is 35.5. The van der Waals surface area contributed by atoms with Gasteiger partial charge in [0.15, 0.2) is 0 Å². The minimum absolute atomic E-state index is 0.0665. The summed E-state index contributed by atoms with van der Waals surface area (Å²) in [7, 11) is 0. The van der Waals surface area contributed by atoms with Crippen LogP contribution in [0, 0.1) is 10.1 Å². The lowest BCUT2D eigenvalue weighted by Gasteiger charge is -2.17. The number of nitrogens with zero attached hydrogens (tertiary/aromatic N) is 2. The second-order valence-electron chi connectivity index (χ2n) is 8.57. The molecule has 1 unspecified atom stereocenters. The zero-order valence-corrected chi connectivity index (χ0v) is 20.1. The normalized spacial score (nSPS) is 16.6. The van der Waals surface area contributed by atoms with E-state index in [2.05, 4.69) is 5.32 Å². The Morgan fingerprint density at radius 3 is 2.62 bits per heavy atom. The number of nitro groups is 1. The summed E-state index contributed by atoms with van der Waals surface area (Å²) >= 11 is 5.81. The third-order valence-electron chi connectivity index (χ3n) is 6.08. The number of rotatable bonds is 7. The molecule has 11 heteroatoms. The molecule has 3 amide bonds. The van der Waals surface area contributed by atoms with E-state index < -0.39 is 10.8 Å². The lowest BCUT2D eigenvalue weighted by atomic mass is 10.1. The molecule has 3 aromatic rings. The van der Waals surface area contributed by atoms with Crippen molar-refractivity contribution >= 4 is 40.7 Å². The fourth-order valence-corrected chi connectivity index (χ4v) is 4.45. The van der Waals surface area contributed by atoms with Crippen LogP contribution in [0.1, 0.15) is 43.9 Å². The molecule has 0 aromatic heterocycles. The molecule has 2 aliphatic rings. The molecule has 1 atom stereocenters. The van der Waals surface area contributed by atoms with Gasteiger partial charge in [-0.1, -0.05) is 17.7 Å². The molecule has 2 heterocycles. The number of imide groups is 1. The second kappa shape index (κ2) is 10.00. The van der Waals surface area contributed by atoms with Crippen molar-refractivity contribution in [3.63, 3.8) is 0 Å². The number of benzene rings is 3. The SMILES string of the molecule is O=C(Nc1cccc(Oc2ccc3c(c2)C(=O)N(CC2CCCO2)C3=O)c1)c1ccc(Cl)c([N+](=O)[O-])c1. The second-order valence-corrected chi connectivity index (χ2v) is 8.98. The van der Waals surface area contributed by atoms with Gasteiger partial charge in [-0.3, -0.25) is 29.4 Å². The van der Waals surface area contributed by atoms with Gasteiger partial charge in [-0.2, -0.15) is 0 Å². The first kappa shape index (κ1) is 24.4. The Hall–Kier alpha value is -4.28. The molecule has 188 valence electrons. The van der Waals surface area contributed by atoms with E-state index in [0.29, 0.717) is 29.4 Å². The molecular weight excluding hydrogens is 502 g/mol. The number of ether oxygens (including phenoxy) is 2. The van der Waals surface area contributed by atoms with Crippen molar-refractivity contribution in [2.75, 3.05) is 18.5 Å². The van der Waals surface area contributed by atoms with Crippen LogP contribution in [0.15, 0.2) is 60.7 Å². The van der Waals surface area contributed by atoms with Gasteiger partial charge in [-0.25, -0.2) is 0 Å². The third-order valence-corrected chi connectivity index (χ3v) is 6.40. The Kier molecular flexibility index (Phi) is 6.60. The maximum absolute atomic E-state index is 12.9. The summed E-state index contributed by atoms with van der Waals surface area (Å²) < 4.78 is 11.5. The van der Waals surface area contributed by atoms with E-state index in [0.717, 1.165) is 18.9 Å². The Bertz CT molecular complexity index is 1440. The summed E-state index contributed by atoms with van der Waals surface area (Å²) in [5.74, 6) is -0.596. The zero-order valence-electron chi connectivity index (χ0n) is 19.3. The number of anilines is 1. The summed E-state index contributed by atoms with van der Waals surface area (Å²) in [5, 5.41) is 13.7. The number of hydrogen-bond acceptors (Lipinski definition) is 7. The number of fused-ring (bicyclic) bond motifs is 1. The number of halogens is 1. The Morgan fingerprint density at radius 2 is 1.86 bits per heavy atom. The Labute approximate surface area is 215 Å². The number of hydrogen-bond donors (Lipinski definition) is 1. The predicted octanol–water partition coefficient (Wildman–Crippen LogP) is 5.07. The zero-order chi connectivity index (χ0) is 26.1. The number of nitrogens with one attached hydrogen (secondary N) is 1. The minimum atomic E-state index is -0.662. The van der Waals surface area contributed by atoms with Gasteiger partial charge in [0, 0.05) is 30.0 Å². The summed E-state index contributed by atoms with van der Waals surface area (Å²) in [5.41, 5.74) is 0.653. The van der Waals surface area contributed by atoms with Gasteiger partial charge < -0.3 is 14.8 Å². The summed E-state index contributed by atoms with van der Waals surface area (Å²) in [6.07, 6.45) is 1.57. The molecule has 37 heavy (non-hydrogen) atoms. The lowest BCUT2D eigenvalue weighted by Crippen LogP contribution is -2.36. The highest BCUT2D eigenvalue weighted by Gasteiger charge is 2.37. The van der Waals surface area contributed by atoms with Crippen LogP contribution in [0.5, 0.6) is 11.5 Å². The highest BCUT2D eigenvalue weighted by molar-refractivity contribution is 6.32. The van der Waals surface area contributed by atoms with Crippen molar-refractivity contribution in [1.29, 1.82) is 0 Å². The van der Waals surface area contributed by atoms with E-state index in [-0.39, 0.29) is 46.3 Å². The van der Waals surface area contributed by atoms with Crippen LogP contribution in [0.4, 0.5) is 11.4 Å². The van der Waals surface area contributed by atoms with Crippen LogP contribution in [0.3, 0.4) is 0 Å². The first-order valence-corrected chi connectivity index (χ1v) is 11.8. The van der Waals surface area contributed by atoms with Crippen molar-refractivity contribution in [2.24, 2.45) is 0 Å². The molecule has 1 saturated heterocycles. The van der Waals surface area contributed by atoms with E-state index in [4.69, 9.17) is 21.1 Å². The molecule has 1 fully saturated rings. The maximum atomic E-state index is 12.9. The third kappa shape index (κ3) is 5.02. The average Bonchev–Trinajstić information content (AvgIpc) is 3.47. The molecular formula is C26H20ClN3O7. The van der Waals surface area contributed by atoms with Gasteiger partial charge in [0.25, 0.3) is 23.4 Å². The standard InChI is InChI=1S/C26H20ClN3O7/c27-22-9-6-15(11-23(22)30(34)35)24(31)28-16-3-1-4-17(12-16)37-18-7-8-20-21(13-18)26(33)29(25(20)32)14-19-5-2-10-36-19/h1,3-4,6-9,11-13,19H,2,5,10,14H2,(H,28,31). The molecule has 1 N–H and O–H groups in total. The van der Waals surface area contributed by atoms with Crippen molar-refractivity contribution < 1.29 is 28.8 Å². The minimum Gasteiger partial charge on any atom is -0.457 e. The number of carbonyl (C=O) groups excluding carboxylic acids is 3. The van der Waals surface area contributed by atoms with Crippen molar-refractivity contribution in [1.82, 2.24) is 4.90 Å². The van der Waals surface area contributed by atoms with Gasteiger partial charge in [0.2, 0.25) is 0 Å². The summed E-state index contributed by atoms with van der Waals surface area (Å²) in [6.45, 7) is 0.853. The average molecular weight is 522 g/mol. The van der Waals surface area contributed by atoms with Gasteiger partial charge >= 0.3 is 0 Å². The van der Waals surface area contributed by atoms with Gasteiger partial charge in [0.05, 0.1) is 28.7 Å². The fraction of sp³-hybridized carbons (Fsp3) is 0.192. The van der Waals surface area contributed by atoms with Crippen LogP contribution in [0.2, 0.25) is 5.02 Å². The highest BCUT2D eigenvalue weighted by Crippen LogP contribution is 2.31. The molecule has 5 rings (SSSR count). The molecule has 0 radical (unpaired) electrons. The number of nitro benzene ring substituents is 1. The van der Waals surface area contributed by atoms with Crippen molar-refractivity contribution in [2.45, 2.75) is 18.9 Å². The Balaban J connectivity index is 1.29. The van der Waals surface area contributed by atoms with Crippen LogP contribution in [-0.2, 0) is 4.74 Å². The molecule has 10 nitrogen and oxygen atoms in total. The summed E-state index contributed by atoms with van der Waals surface area (Å²) in [4.78, 5) is 49.9. The van der Waals surface area contributed by atoms with Crippen LogP contribution in [-0.4, -0.2) is 46.8 Å².